The lowest BCUT2D eigenvalue weighted by Crippen LogP contribution is -2.00. The van der Waals surface area contributed by atoms with E-state index in [1.807, 2.05) is 0 Å². The highest BCUT2D eigenvalue weighted by molar-refractivity contribution is 9.10. The maximum atomic E-state index is 13.1. The van der Waals surface area contributed by atoms with E-state index in [-0.39, 0.29) is 5.82 Å². The highest BCUT2D eigenvalue weighted by Crippen LogP contribution is 2.27. The number of anilines is 3. The molecule has 88 valence electrons. The van der Waals surface area contributed by atoms with Crippen molar-refractivity contribution in [3.8, 4) is 0 Å². The number of halogens is 2. The van der Waals surface area contributed by atoms with Gasteiger partial charge in [-0.2, -0.15) is 0 Å². The Morgan fingerprint density at radius 3 is 2.82 bits per heavy atom. The summed E-state index contributed by atoms with van der Waals surface area (Å²) in [4.78, 5) is 7.88. The molecule has 0 unspecified atom stereocenters. The fourth-order valence-corrected chi connectivity index (χ4v) is 1.63. The lowest BCUT2D eigenvalue weighted by atomic mass is 10.2. The zero-order chi connectivity index (χ0) is 12.4. The topological polar surface area (TPSA) is 63.8 Å². The Kier molecular flexibility index (Phi) is 3.23. The first-order valence-electron chi connectivity index (χ1n) is 4.87. The molecule has 0 atom stereocenters. The molecule has 0 aliphatic carbocycles. The van der Waals surface area contributed by atoms with E-state index < -0.39 is 0 Å². The molecule has 0 amide bonds. The second-order valence-electron chi connectivity index (χ2n) is 3.51. The van der Waals surface area contributed by atoms with Crippen LogP contribution in [0.1, 0.15) is 5.56 Å². The number of nitrogen functional groups attached to an aromatic ring is 1. The molecule has 2 rings (SSSR count). The minimum Gasteiger partial charge on any atom is -0.383 e. The molecule has 0 fully saturated rings. The fourth-order valence-electron chi connectivity index (χ4n) is 1.33. The number of hydrogen-bond donors (Lipinski definition) is 2. The average Bonchev–Trinajstić information content (AvgIpc) is 2.30. The number of aryl methyl sites for hydroxylation is 1. The van der Waals surface area contributed by atoms with Crippen LogP contribution in [-0.4, -0.2) is 9.97 Å². The summed E-state index contributed by atoms with van der Waals surface area (Å²) < 4.78 is 13.7. The second kappa shape index (κ2) is 4.67. The number of benzene rings is 1. The quantitative estimate of drug-likeness (QED) is 0.894. The molecular weight excluding hydrogens is 287 g/mol. The molecule has 2 aromatic rings. The lowest BCUT2D eigenvalue weighted by molar-refractivity contribution is 0.619. The Morgan fingerprint density at radius 1 is 1.35 bits per heavy atom. The third-order valence-corrected chi connectivity index (χ3v) is 3.02. The van der Waals surface area contributed by atoms with Crippen LogP contribution in [0.3, 0.4) is 0 Å². The summed E-state index contributed by atoms with van der Waals surface area (Å²) in [6.07, 6.45) is 1.36. The van der Waals surface area contributed by atoms with Crippen molar-refractivity contribution in [1.29, 1.82) is 0 Å². The van der Waals surface area contributed by atoms with Gasteiger partial charge in [0, 0.05) is 5.69 Å². The molecule has 17 heavy (non-hydrogen) atoms. The van der Waals surface area contributed by atoms with Crippen molar-refractivity contribution < 1.29 is 4.39 Å². The van der Waals surface area contributed by atoms with E-state index in [2.05, 4.69) is 31.2 Å². The maximum absolute atomic E-state index is 13.1. The molecule has 0 aliphatic heterocycles. The molecular formula is C11H10BrFN4. The summed E-state index contributed by atoms with van der Waals surface area (Å²) in [6, 6.07) is 4.73. The van der Waals surface area contributed by atoms with Gasteiger partial charge in [-0.15, -0.1) is 0 Å². The first-order chi connectivity index (χ1) is 8.08. The largest absolute Gasteiger partial charge is 0.383 e. The zero-order valence-corrected chi connectivity index (χ0v) is 10.6. The predicted octanol–water partition coefficient (Wildman–Crippen LogP) is 3.01. The van der Waals surface area contributed by atoms with Crippen LogP contribution in [0.2, 0.25) is 0 Å². The third kappa shape index (κ3) is 2.52. The number of nitrogens with zero attached hydrogens (tertiary/aromatic N) is 2. The standard InChI is InChI=1S/C11H10BrFN4/c1-6-4-7(2-3-8(6)13)17-11-9(12)10(14)15-5-16-11/h2-5H,1H3,(H3,14,15,16,17). The Bertz CT molecular complexity index is 559. The molecule has 0 bridgehead atoms. The molecule has 4 nitrogen and oxygen atoms in total. The van der Waals surface area contributed by atoms with E-state index in [4.69, 9.17) is 5.73 Å². The molecule has 1 heterocycles. The summed E-state index contributed by atoms with van der Waals surface area (Å²) in [7, 11) is 0. The molecule has 1 aromatic heterocycles. The normalized spacial score (nSPS) is 10.3. The molecule has 0 saturated carbocycles. The number of aromatic nitrogens is 2. The fraction of sp³-hybridized carbons (Fsp3) is 0.0909. The van der Waals surface area contributed by atoms with E-state index in [9.17, 15) is 4.39 Å². The summed E-state index contributed by atoms with van der Waals surface area (Å²) >= 11 is 3.28. The van der Waals surface area contributed by atoms with Gasteiger partial charge in [-0.1, -0.05) is 0 Å². The summed E-state index contributed by atoms with van der Waals surface area (Å²) in [6.45, 7) is 1.70. The lowest BCUT2D eigenvalue weighted by Gasteiger charge is -2.09. The molecule has 0 spiro atoms. The minimum absolute atomic E-state index is 0.239. The van der Waals surface area contributed by atoms with Crippen molar-refractivity contribution in [3.05, 3.63) is 40.4 Å². The van der Waals surface area contributed by atoms with Crippen LogP contribution in [0.5, 0.6) is 0 Å². The Labute approximate surface area is 106 Å². The molecule has 0 saturated heterocycles. The Hall–Kier alpha value is -1.69. The third-order valence-electron chi connectivity index (χ3n) is 2.24. The number of nitrogens with two attached hydrogens (primary N) is 1. The van der Waals surface area contributed by atoms with Crippen LogP contribution in [0.4, 0.5) is 21.7 Å². The van der Waals surface area contributed by atoms with Crippen LogP contribution in [0.15, 0.2) is 29.0 Å². The summed E-state index contributed by atoms with van der Waals surface area (Å²) in [5.74, 6) is 0.654. The first-order valence-corrected chi connectivity index (χ1v) is 5.66. The van der Waals surface area contributed by atoms with Crippen molar-refractivity contribution in [1.82, 2.24) is 9.97 Å². The molecule has 0 aliphatic rings. The molecule has 3 N–H and O–H groups in total. The van der Waals surface area contributed by atoms with Crippen molar-refractivity contribution in [2.45, 2.75) is 6.92 Å². The molecule has 1 aromatic carbocycles. The van der Waals surface area contributed by atoms with Gasteiger partial charge in [0.05, 0.1) is 0 Å². The van der Waals surface area contributed by atoms with Crippen LogP contribution in [0, 0.1) is 12.7 Å². The Morgan fingerprint density at radius 2 is 2.12 bits per heavy atom. The van der Waals surface area contributed by atoms with Crippen LogP contribution >= 0.6 is 15.9 Å². The minimum atomic E-state index is -0.239. The number of rotatable bonds is 2. The van der Waals surface area contributed by atoms with Gasteiger partial charge in [-0.25, -0.2) is 14.4 Å². The van der Waals surface area contributed by atoms with Crippen molar-refractivity contribution in [2.24, 2.45) is 0 Å². The van der Waals surface area contributed by atoms with E-state index in [0.717, 1.165) is 5.69 Å². The zero-order valence-electron chi connectivity index (χ0n) is 9.04. The van der Waals surface area contributed by atoms with Gasteiger partial charge in [0.15, 0.2) is 0 Å². The SMILES string of the molecule is Cc1cc(Nc2ncnc(N)c2Br)ccc1F. The summed E-state index contributed by atoms with van der Waals surface area (Å²) in [5.41, 5.74) is 6.93. The Balaban J connectivity index is 2.31. The first kappa shape index (κ1) is 11.8. The van der Waals surface area contributed by atoms with Gasteiger partial charge in [-0.05, 0) is 46.6 Å². The van der Waals surface area contributed by atoms with Gasteiger partial charge < -0.3 is 11.1 Å². The predicted molar refractivity (Wildman–Crippen MR) is 68.6 cm³/mol. The smallest absolute Gasteiger partial charge is 0.150 e. The van der Waals surface area contributed by atoms with Gasteiger partial charge in [0.25, 0.3) is 0 Å². The van der Waals surface area contributed by atoms with E-state index in [0.29, 0.717) is 21.7 Å². The number of nitrogens with one attached hydrogen (secondary N) is 1. The number of hydrogen-bond acceptors (Lipinski definition) is 4. The molecule has 6 heteroatoms. The van der Waals surface area contributed by atoms with E-state index in [1.54, 1.807) is 19.1 Å². The second-order valence-corrected chi connectivity index (χ2v) is 4.30. The monoisotopic (exact) mass is 296 g/mol. The van der Waals surface area contributed by atoms with Gasteiger partial charge >= 0.3 is 0 Å². The van der Waals surface area contributed by atoms with Crippen molar-refractivity contribution in [3.63, 3.8) is 0 Å². The highest BCUT2D eigenvalue weighted by Gasteiger charge is 2.06. The average molecular weight is 297 g/mol. The van der Waals surface area contributed by atoms with Crippen LogP contribution in [0.25, 0.3) is 0 Å². The van der Waals surface area contributed by atoms with Crippen molar-refractivity contribution >= 4 is 33.3 Å². The molecule has 0 radical (unpaired) electrons. The summed E-state index contributed by atoms with van der Waals surface area (Å²) in [5, 5.41) is 3.04. The van der Waals surface area contributed by atoms with E-state index in [1.165, 1.54) is 12.4 Å². The van der Waals surface area contributed by atoms with Crippen LogP contribution < -0.4 is 11.1 Å². The van der Waals surface area contributed by atoms with E-state index >= 15 is 0 Å². The van der Waals surface area contributed by atoms with Gasteiger partial charge in [0.2, 0.25) is 0 Å². The maximum Gasteiger partial charge on any atom is 0.150 e. The van der Waals surface area contributed by atoms with Gasteiger partial charge in [-0.3, -0.25) is 0 Å². The van der Waals surface area contributed by atoms with Crippen LogP contribution in [-0.2, 0) is 0 Å². The van der Waals surface area contributed by atoms with Gasteiger partial charge in [0.1, 0.15) is 28.3 Å². The highest BCUT2D eigenvalue weighted by atomic mass is 79.9. The van der Waals surface area contributed by atoms with Crippen molar-refractivity contribution in [2.75, 3.05) is 11.1 Å².